The quantitative estimate of drug-likeness (QED) is 0.816. The Morgan fingerprint density at radius 3 is 3.06 bits per heavy atom. The third-order valence-electron chi connectivity index (χ3n) is 3.40. The highest BCUT2D eigenvalue weighted by Gasteiger charge is 2.31. The molecular formula is C12H18N4O. The van der Waals surface area contributed by atoms with Gasteiger partial charge in [-0.1, -0.05) is 6.92 Å². The minimum atomic E-state index is -0.0555. The van der Waals surface area contributed by atoms with Crippen LogP contribution in [0.15, 0.2) is 18.6 Å². The summed E-state index contributed by atoms with van der Waals surface area (Å²) in [6.45, 7) is 3.42. The van der Waals surface area contributed by atoms with E-state index in [1.54, 1.807) is 6.20 Å². The van der Waals surface area contributed by atoms with Crippen molar-refractivity contribution in [2.24, 2.45) is 11.7 Å². The van der Waals surface area contributed by atoms with E-state index in [9.17, 15) is 4.79 Å². The fraction of sp³-hybridized carbons (Fsp3) is 0.583. The highest BCUT2D eigenvalue weighted by Crippen LogP contribution is 2.23. The van der Waals surface area contributed by atoms with Gasteiger partial charge in [-0.3, -0.25) is 9.78 Å². The molecule has 0 bridgehead atoms. The van der Waals surface area contributed by atoms with Crippen molar-refractivity contribution < 1.29 is 4.79 Å². The Kier molecular flexibility index (Phi) is 3.68. The minimum Gasteiger partial charge on any atom is -0.333 e. The van der Waals surface area contributed by atoms with Crippen LogP contribution in [-0.4, -0.2) is 39.9 Å². The Morgan fingerprint density at radius 2 is 2.41 bits per heavy atom. The summed E-state index contributed by atoms with van der Waals surface area (Å²) in [5.41, 5.74) is 6.17. The Balaban J connectivity index is 2.18. The number of hydrogen-bond donors (Lipinski definition) is 1. The Bertz CT molecular complexity index is 381. The fourth-order valence-corrected chi connectivity index (χ4v) is 2.42. The van der Waals surface area contributed by atoms with Crippen LogP contribution < -0.4 is 5.73 Å². The Morgan fingerprint density at radius 1 is 1.59 bits per heavy atom. The molecule has 1 fully saturated rings. The van der Waals surface area contributed by atoms with Crippen LogP contribution in [0.4, 0.5) is 0 Å². The van der Waals surface area contributed by atoms with E-state index in [0.29, 0.717) is 18.2 Å². The lowest BCUT2D eigenvalue weighted by Gasteiger charge is -2.39. The molecule has 1 aliphatic rings. The first kappa shape index (κ1) is 12.0. The average molecular weight is 234 g/mol. The number of carbonyl (C=O) groups excluding carboxylic acids is 1. The van der Waals surface area contributed by atoms with Gasteiger partial charge in [0.1, 0.15) is 5.69 Å². The molecule has 2 heterocycles. The molecule has 0 unspecified atom stereocenters. The number of amides is 1. The molecule has 1 aromatic rings. The van der Waals surface area contributed by atoms with Crippen LogP contribution in [0.2, 0.25) is 0 Å². The van der Waals surface area contributed by atoms with Crippen LogP contribution in [0, 0.1) is 5.92 Å². The molecule has 0 aromatic carbocycles. The molecule has 92 valence electrons. The maximum atomic E-state index is 12.3. The molecule has 5 heteroatoms. The molecule has 0 aliphatic carbocycles. The van der Waals surface area contributed by atoms with Crippen LogP contribution in [0.25, 0.3) is 0 Å². The van der Waals surface area contributed by atoms with Gasteiger partial charge < -0.3 is 10.6 Å². The van der Waals surface area contributed by atoms with E-state index in [4.69, 9.17) is 5.73 Å². The summed E-state index contributed by atoms with van der Waals surface area (Å²) in [7, 11) is 0. The van der Waals surface area contributed by atoms with Gasteiger partial charge in [0.15, 0.2) is 0 Å². The molecule has 2 N–H and O–H groups in total. The molecule has 0 saturated carbocycles. The first-order chi connectivity index (χ1) is 8.24. The summed E-state index contributed by atoms with van der Waals surface area (Å²) in [6.07, 6.45) is 6.78. The third kappa shape index (κ3) is 2.44. The lowest BCUT2D eigenvalue weighted by atomic mass is 9.90. The van der Waals surface area contributed by atoms with Gasteiger partial charge in [0.2, 0.25) is 0 Å². The molecular weight excluding hydrogens is 216 g/mol. The lowest BCUT2D eigenvalue weighted by molar-refractivity contribution is 0.0526. The molecule has 1 aliphatic heterocycles. The molecule has 0 spiro atoms. The zero-order valence-corrected chi connectivity index (χ0v) is 10.0. The number of nitrogens with two attached hydrogens (primary N) is 1. The van der Waals surface area contributed by atoms with Crippen molar-refractivity contribution in [1.82, 2.24) is 14.9 Å². The highest BCUT2D eigenvalue weighted by atomic mass is 16.2. The van der Waals surface area contributed by atoms with E-state index < -0.39 is 0 Å². The fourth-order valence-electron chi connectivity index (χ4n) is 2.42. The van der Waals surface area contributed by atoms with Crippen molar-refractivity contribution in [1.29, 1.82) is 0 Å². The van der Waals surface area contributed by atoms with Crippen LogP contribution in [0.3, 0.4) is 0 Å². The number of aromatic nitrogens is 2. The number of carbonyl (C=O) groups is 1. The van der Waals surface area contributed by atoms with Crippen molar-refractivity contribution in [3.8, 4) is 0 Å². The van der Waals surface area contributed by atoms with Crippen LogP contribution in [-0.2, 0) is 0 Å². The Labute approximate surface area is 101 Å². The topological polar surface area (TPSA) is 72.1 Å². The van der Waals surface area contributed by atoms with Gasteiger partial charge in [-0.15, -0.1) is 0 Å². The second kappa shape index (κ2) is 5.23. The van der Waals surface area contributed by atoms with Crippen LogP contribution in [0.5, 0.6) is 0 Å². The molecule has 0 radical (unpaired) electrons. The van der Waals surface area contributed by atoms with Gasteiger partial charge in [0.05, 0.1) is 6.20 Å². The smallest absolute Gasteiger partial charge is 0.274 e. The summed E-state index contributed by atoms with van der Waals surface area (Å²) < 4.78 is 0. The number of rotatable bonds is 2. The zero-order chi connectivity index (χ0) is 12.3. The van der Waals surface area contributed by atoms with Gasteiger partial charge >= 0.3 is 0 Å². The van der Waals surface area contributed by atoms with E-state index in [0.717, 1.165) is 19.4 Å². The van der Waals surface area contributed by atoms with E-state index >= 15 is 0 Å². The summed E-state index contributed by atoms with van der Waals surface area (Å²) in [6, 6.07) is 0.123. The van der Waals surface area contributed by atoms with Crippen molar-refractivity contribution in [2.45, 2.75) is 25.8 Å². The molecule has 5 nitrogen and oxygen atoms in total. The second-order valence-electron chi connectivity index (χ2n) is 4.51. The monoisotopic (exact) mass is 234 g/mol. The van der Waals surface area contributed by atoms with E-state index in [2.05, 4.69) is 16.9 Å². The van der Waals surface area contributed by atoms with Crippen molar-refractivity contribution in [3.05, 3.63) is 24.3 Å². The van der Waals surface area contributed by atoms with Gasteiger partial charge in [-0.2, -0.15) is 0 Å². The Hall–Kier alpha value is -1.49. The van der Waals surface area contributed by atoms with E-state index in [-0.39, 0.29) is 11.9 Å². The van der Waals surface area contributed by atoms with Crippen molar-refractivity contribution >= 4 is 5.91 Å². The third-order valence-corrected chi connectivity index (χ3v) is 3.40. The molecule has 17 heavy (non-hydrogen) atoms. The van der Waals surface area contributed by atoms with Crippen molar-refractivity contribution in [2.75, 3.05) is 13.1 Å². The van der Waals surface area contributed by atoms with Gasteiger partial charge in [-0.05, 0) is 18.8 Å². The lowest BCUT2D eigenvalue weighted by Crippen LogP contribution is -2.51. The SMILES string of the molecule is C[C@@H]1CCCN(C(=O)c2cnccn2)[C@@H]1CN. The van der Waals surface area contributed by atoms with Crippen LogP contribution >= 0.6 is 0 Å². The molecule has 1 aromatic heterocycles. The maximum Gasteiger partial charge on any atom is 0.274 e. The van der Waals surface area contributed by atoms with Gasteiger partial charge in [-0.25, -0.2) is 4.98 Å². The number of nitrogens with zero attached hydrogens (tertiary/aromatic N) is 3. The normalized spacial score (nSPS) is 24.7. The van der Waals surface area contributed by atoms with Crippen LogP contribution in [0.1, 0.15) is 30.3 Å². The summed E-state index contributed by atoms with van der Waals surface area (Å²) in [5.74, 6) is 0.398. The number of likely N-dealkylation sites (tertiary alicyclic amines) is 1. The van der Waals surface area contributed by atoms with Gasteiger partial charge in [0, 0.05) is 31.5 Å². The highest BCUT2D eigenvalue weighted by molar-refractivity contribution is 5.92. The predicted octanol–water partition coefficient (Wildman–Crippen LogP) is 0.676. The van der Waals surface area contributed by atoms with Gasteiger partial charge in [0.25, 0.3) is 5.91 Å². The largest absolute Gasteiger partial charge is 0.333 e. The second-order valence-corrected chi connectivity index (χ2v) is 4.51. The zero-order valence-electron chi connectivity index (χ0n) is 10.0. The standard InChI is InChI=1S/C12H18N4O/c1-9-3-2-6-16(11(9)7-13)12(17)10-8-14-4-5-15-10/h4-5,8-9,11H,2-3,6-7,13H2,1H3/t9-,11-/m1/s1. The molecule has 2 rings (SSSR count). The molecule has 1 saturated heterocycles. The van der Waals surface area contributed by atoms with E-state index in [1.807, 2.05) is 4.90 Å². The summed E-state index contributed by atoms with van der Waals surface area (Å²) >= 11 is 0. The number of hydrogen-bond acceptors (Lipinski definition) is 4. The summed E-state index contributed by atoms with van der Waals surface area (Å²) in [5, 5.41) is 0. The first-order valence-corrected chi connectivity index (χ1v) is 6.01. The predicted molar refractivity (Wildman–Crippen MR) is 64.3 cm³/mol. The molecule has 2 atom stereocenters. The molecule has 1 amide bonds. The van der Waals surface area contributed by atoms with E-state index in [1.165, 1.54) is 12.4 Å². The summed E-state index contributed by atoms with van der Waals surface area (Å²) in [4.78, 5) is 22.1. The minimum absolute atomic E-state index is 0.0555. The first-order valence-electron chi connectivity index (χ1n) is 6.01. The van der Waals surface area contributed by atoms with Crippen molar-refractivity contribution in [3.63, 3.8) is 0 Å². The maximum absolute atomic E-state index is 12.3. The average Bonchev–Trinajstić information content (AvgIpc) is 2.38. The number of piperidine rings is 1.